The molecule has 1 N–H and O–H groups in total. The van der Waals surface area contributed by atoms with E-state index in [1.807, 2.05) is 6.26 Å². The van der Waals surface area contributed by atoms with Gasteiger partial charge in [-0.2, -0.15) is 11.8 Å². The third-order valence-corrected chi connectivity index (χ3v) is 2.86. The monoisotopic (exact) mass is 234 g/mol. The molecule has 1 nitrogen and oxygen atoms in total. The van der Waals surface area contributed by atoms with Crippen LogP contribution in [-0.4, -0.2) is 23.2 Å². The summed E-state index contributed by atoms with van der Waals surface area (Å²) in [6.07, 6.45) is 1.70. The molecule has 0 heterocycles. The van der Waals surface area contributed by atoms with Gasteiger partial charge in [0, 0.05) is 12.2 Å². The number of rotatable bonds is 4. The van der Waals surface area contributed by atoms with E-state index in [1.54, 1.807) is 12.1 Å². The molecule has 0 aromatic heterocycles. The molecule has 0 bridgehead atoms. The number of hydrogen-bond acceptors (Lipinski definition) is 2. The molecule has 4 heteroatoms. The summed E-state index contributed by atoms with van der Waals surface area (Å²) in [7, 11) is 0. The van der Waals surface area contributed by atoms with Crippen LogP contribution < -0.4 is 0 Å². The molecule has 1 rings (SSSR count). The molecule has 1 unspecified atom stereocenters. The maximum absolute atomic E-state index is 13.4. The Morgan fingerprint density at radius 1 is 1.57 bits per heavy atom. The fourth-order valence-corrected chi connectivity index (χ4v) is 1.91. The van der Waals surface area contributed by atoms with Crippen LogP contribution in [0.1, 0.15) is 5.56 Å². The van der Waals surface area contributed by atoms with E-state index in [9.17, 15) is 9.50 Å². The molecule has 1 atom stereocenters. The second-order valence-corrected chi connectivity index (χ2v) is 4.34. The second-order valence-electron chi connectivity index (χ2n) is 3.03. The van der Waals surface area contributed by atoms with Gasteiger partial charge < -0.3 is 5.11 Å². The number of hydrogen-bond donors (Lipinski definition) is 1. The average Bonchev–Trinajstić information content (AvgIpc) is 2.13. The highest BCUT2D eigenvalue weighted by atomic mass is 35.5. The normalized spacial score (nSPS) is 12.9. The predicted octanol–water partition coefficient (Wildman–Crippen LogP) is 2.75. The Bertz CT molecular complexity index is 306. The minimum atomic E-state index is -0.516. The summed E-state index contributed by atoms with van der Waals surface area (Å²) in [5.74, 6) is 0.181. The van der Waals surface area contributed by atoms with Gasteiger partial charge in [0.25, 0.3) is 0 Å². The van der Waals surface area contributed by atoms with Gasteiger partial charge in [-0.15, -0.1) is 0 Å². The molecule has 14 heavy (non-hydrogen) atoms. The first-order chi connectivity index (χ1) is 6.65. The number of benzene rings is 1. The molecule has 78 valence electrons. The zero-order chi connectivity index (χ0) is 10.6. The van der Waals surface area contributed by atoms with Crippen molar-refractivity contribution in [2.24, 2.45) is 0 Å². The lowest BCUT2D eigenvalue weighted by Crippen LogP contribution is -2.14. The highest BCUT2D eigenvalue weighted by Gasteiger charge is 2.10. The van der Waals surface area contributed by atoms with Crippen molar-refractivity contribution in [3.63, 3.8) is 0 Å². The summed E-state index contributed by atoms with van der Waals surface area (Å²) in [4.78, 5) is 0. The Labute approximate surface area is 92.3 Å². The minimum Gasteiger partial charge on any atom is -0.392 e. The molecule has 0 spiro atoms. The summed E-state index contributed by atoms with van der Waals surface area (Å²) in [5, 5.41) is 9.60. The van der Waals surface area contributed by atoms with E-state index in [-0.39, 0.29) is 5.02 Å². The summed E-state index contributed by atoms with van der Waals surface area (Å²) in [6, 6.07) is 4.83. The van der Waals surface area contributed by atoms with Crippen LogP contribution in [0, 0.1) is 5.82 Å². The van der Waals surface area contributed by atoms with Crippen molar-refractivity contribution < 1.29 is 9.50 Å². The van der Waals surface area contributed by atoms with Gasteiger partial charge in [0.15, 0.2) is 0 Å². The van der Waals surface area contributed by atoms with Crippen LogP contribution in [0.15, 0.2) is 18.2 Å². The molecule has 0 aliphatic carbocycles. The zero-order valence-electron chi connectivity index (χ0n) is 7.84. The van der Waals surface area contributed by atoms with E-state index in [1.165, 1.54) is 17.8 Å². The van der Waals surface area contributed by atoms with Crippen molar-refractivity contribution in [1.82, 2.24) is 0 Å². The average molecular weight is 235 g/mol. The van der Waals surface area contributed by atoms with Crippen LogP contribution in [0.25, 0.3) is 0 Å². The lowest BCUT2D eigenvalue weighted by atomic mass is 10.1. The van der Waals surface area contributed by atoms with E-state index in [2.05, 4.69) is 0 Å². The summed E-state index contributed by atoms with van der Waals surface area (Å²) in [6.45, 7) is 0. The standard InChI is InChI=1S/C10H12ClFOS/c1-14-6-8(13)5-7-3-2-4-9(11)10(7)12/h2-4,8,13H,5-6H2,1H3. The SMILES string of the molecule is CSCC(O)Cc1cccc(Cl)c1F. The van der Waals surface area contributed by atoms with Crippen LogP contribution >= 0.6 is 23.4 Å². The van der Waals surface area contributed by atoms with E-state index in [0.29, 0.717) is 17.7 Å². The van der Waals surface area contributed by atoms with Gasteiger partial charge >= 0.3 is 0 Å². The van der Waals surface area contributed by atoms with Gasteiger partial charge in [-0.1, -0.05) is 23.7 Å². The molecule has 0 saturated heterocycles. The molecule has 0 radical (unpaired) electrons. The maximum atomic E-state index is 13.4. The smallest absolute Gasteiger partial charge is 0.145 e. The van der Waals surface area contributed by atoms with Crippen molar-refractivity contribution in [2.75, 3.05) is 12.0 Å². The lowest BCUT2D eigenvalue weighted by Gasteiger charge is -2.09. The van der Waals surface area contributed by atoms with Crippen LogP contribution in [0.2, 0.25) is 5.02 Å². The number of thioether (sulfide) groups is 1. The van der Waals surface area contributed by atoms with E-state index < -0.39 is 11.9 Å². The molecule has 0 fully saturated rings. The van der Waals surface area contributed by atoms with Gasteiger partial charge in [0.1, 0.15) is 5.82 Å². The van der Waals surface area contributed by atoms with Crippen LogP contribution in [0.3, 0.4) is 0 Å². The molecular formula is C10H12ClFOS. The molecule has 0 aliphatic rings. The molecule has 0 aliphatic heterocycles. The second kappa shape index (κ2) is 5.59. The lowest BCUT2D eigenvalue weighted by molar-refractivity contribution is 0.199. The number of halogens is 2. The molecule has 1 aromatic rings. The van der Waals surface area contributed by atoms with Crippen molar-refractivity contribution in [3.8, 4) is 0 Å². The number of aliphatic hydroxyl groups excluding tert-OH is 1. The Morgan fingerprint density at radius 2 is 2.29 bits per heavy atom. The van der Waals surface area contributed by atoms with E-state index >= 15 is 0 Å². The highest BCUT2D eigenvalue weighted by Crippen LogP contribution is 2.19. The quantitative estimate of drug-likeness (QED) is 0.865. The Kier molecular flexibility index (Phi) is 4.72. The van der Waals surface area contributed by atoms with Crippen LogP contribution in [0.5, 0.6) is 0 Å². The Hall–Kier alpha value is -0.250. The van der Waals surface area contributed by atoms with Gasteiger partial charge in [-0.05, 0) is 17.9 Å². The molecule has 1 aromatic carbocycles. The molecule has 0 saturated carbocycles. The fraction of sp³-hybridized carbons (Fsp3) is 0.400. The summed E-state index contributed by atoms with van der Waals surface area (Å²) < 4.78 is 13.4. The van der Waals surface area contributed by atoms with Crippen molar-refractivity contribution in [1.29, 1.82) is 0 Å². The maximum Gasteiger partial charge on any atom is 0.145 e. The van der Waals surface area contributed by atoms with Crippen LogP contribution in [0.4, 0.5) is 4.39 Å². The fourth-order valence-electron chi connectivity index (χ4n) is 1.21. The highest BCUT2D eigenvalue weighted by molar-refractivity contribution is 7.98. The molecule has 0 amide bonds. The molecular weight excluding hydrogens is 223 g/mol. The van der Waals surface area contributed by atoms with Crippen molar-refractivity contribution >= 4 is 23.4 Å². The van der Waals surface area contributed by atoms with Gasteiger partial charge in [0.2, 0.25) is 0 Å². The first-order valence-electron chi connectivity index (χ1n) is 4.25. The zero-order valence-corrected chi connectivity index (χ0v) is 9.41. The summed E-state index contributed by atoms with van der Waals surface area (Å²) in [5.41, 5.74) is 0.471. The topological polar surface area (TPSA) is 20.2 Å². The van der Waals surface area contributed by atoms with Crippen molar-refractivity contribution in [2.45, 2.75) is 12.5 Å². The van der Waals surface area contributed by atoms with Gasteiger partial charge in [-0.3, -0.25) is 0 Å². The van der Waals surface area contributed by atoms with Gasteiger partial charge in [0.05, 0.1) is 11.1 Å². The van der Waals surface area contributed by atoms with Gasteiger partial charge in [-0.25, -0.2) is 4.39 Å². The summed E-state index contributed by atoms with van der Waals surface area (Å²) >= 11 is 7.15. The number of aliphatic hydroxyl groups is 1. The predicted molar refractivity (Wildman–Crippen MR) is 59.5 cm³/mol. The third kappa shape index (κ3) is 3.15. The van der Waals surface area contributed by atoms with Crippen molar-refractivity contribution in [3.05, 3.63) is 34.6 Å². The first kappa shape index (κ1) is 11.8. The minimum absolute atomic E-state index is 0.110. The van der Waals surface area contributed by atoms with E-state index in [4.69, 9.17) is 11.6 Å². The Balaban J connectivity index is 2.71. The largest absolute Gasteiger partial charge is 0.392 e. The van der Waals surface area contributed by atoms with E-state index in [0.717, 1.165) is 0 Å². The Morgan fingerprint density at radius 3 is 2.93 bits per heavy atom. The van der Waals surface area contributed by atoms with Crippen LogP contribution in [-0.2, 0) is 6.42 Å². The first-order valence-corrected chi connectivity index (χ1v) is 6.02. The third-order valence-electron chi connectivity index (χ3n) is 1.85.